The van der Waals surface area contributed by atoms with Crippen molar-refractivity contribution in [3.63, 3.8) is 0 Å². The second-order valence-electron chi connectivity index (χ2n) is 5.45. The van der Waals surface area contributed by atoms with E-state index in [-0.39, 0.29) is 5.82 Å². The van der Waals surface area contributed by atoms with Crippen LogP contribution in [0.1, 0.15) is 31.3 Å². The van der Waals surface area contributed by atoms with E-state index in [1.54, 1.807) is 12.1 Å². The van der Waals surface area contributed by atoms with E-state index in [1.807, 2.05) is 4.68 Å². The van der Waals surface area contributed by atoms with Crippen molar-refractivity contribution in [3.8, 4) is 5.75 Å². The average molecular weight is 292 g/mol. The summed E-state index contributed by atoms with van der Waals surface area (Å²) in [6, 6.07) is 4.23. The third-order valence-electron chi connectivity index (χ3n) is 3.24. The highest BCUT2D eigenvalue weighted by molar-refractivity contribution is 5.31. The first kappa shape index (κ1) is 15.4. The first-order chi connectivity index (χ1) is 10.0. The molecule has 2 rings (SSSR count). The highest BCUT2D eigenvalue weighted by Crippen LogP contribution is 2.22. The number of hydrogen-bond acceptors (Lipinski definition) is 4. The van der Waals surface area contributed by atoms with Gasteiger partial charge in [0.2, 0.25) is 0 Å². The average Bonchev–Trinajstić information content (AvgIpc) is 2.84. The van der Waals surface area contributed by atoms with E-state index in [0.717, 1.165) is 12.4 Å². The van der Waals surface area contributed by atoms with E-state index >= 15 is 0 Å². The minimum atomic E-state index is -0.467. The van der Waals surface area contributed by atoms with Gasteiger partial charge in [0.05, 0.1) is 7.11 Å². The lowest BCUT2D eigenvalue weighted by atomic mass is 10.0. The number of halogens is 1. The summed E-state index contributed by atoms with van der Waals surface area (Å²) < 4.78 is 20.8. The summed E-state index contributed by atoms with van der Waals surface area (Å²) in [6.45, 7) is 4.98. The Bertz CT molecular complexity index is 597. The Balaban J connectivity index is 2.14. The summed E-state index contributed by atoms with van der Waals surface area (Å²) in [6.07, 6.45) is 1.95. The van der Waals surface area contributed by atoms with Crippen molar-refractivity contribution in [1.29, 1.82) is 0 Å². The van der Waals surface area contributed by atoms with Crippen LogP contribution in [0.25, 0.3) is 0 Å². The predicted octanol–water partition coefficient (Wildman–Crippen LogP) is 2.32. The molecule has 0 aliphatic heterocycles. The zero-order valence-electron chi connectivity index (χ0n) is 12.6. The van der Waals surface area contributed by atoms with E-state index in [4.69, 9.17) is 10.5 Å². The molecule has 1 aromatic carbocycles. The molecule has 1 heterocycles. The van der Waals surface area contributed by atoms with E-state index in [9.17, 15) is 4.39 Å². The van der Waals surface area contributed by atoms with Crippen LogP contribution in [-0.2, 0) is 13.0 Å². The normalized spacial score (nSPS) is 12.7. The number of ether oxygens (including phenoxy) is 1. The van der Waals surface area contributed by atoms with Crippen LogP contribution in [0.4, 0.5) is 4.39 Å². The van der Waals surface area contributed by atoms with E-state index < -0.39 is 6.04 Å². The molecule has 21 heavy (non-hydrogen) atoms. The zero-order chi connectivity index (χ0) is 15.4. The van der Waals surface area contributed by atoms with Gasteiger partial charge in [-0.15, -0.1) is 0 Å². The lowest BCUT2D eigenvalue weighted by Gasteiger charge is -2.15. The van der Waals surface area contributed by atoms with Gasteiger partial charge in [0.15, 0.2) is 0 Å². The van der Waals surface area contributed by atoms with Gasteiger partial charge in [0.25, 0.3) is 0 Å². The smallest absolute Gasteiger partial charge is 0.138 e. The van der Waals surface area contributed by atoms with E-state index in [0.29, 0.717) is 23.7 Å². The maximum atomic E-state index is 14.0. The monoisotopic (exact) mass is 292 g/mol. The summed E-state index contributed by atoms with van der Waals surface area (Å²) in [5.41, 5.74) is 6.57. The minimum Gasteiger partial charge on any atom is -0.497 e. The first-order valence-electron chi connectivity index (χ1n) is 6.97. The molecule has 0 bridgehead atoms. The maximum Gasteiger partial charge on any atom is 0.138 e. The van der Waals surface area contributed by atoms with E-state index in [2.05, 4.69) is 23.9 Å². The van der Waals surface area contributed by atoms with Crippen molar-refractivity contribution in [3.05, 3.63) is 41.7 Å². The van der Waals surface area contributed by atoms with E-state index in [1.165, 1.54) is 19.5 Å². The topological polar surface area (TPSA) is 66.0 Å². The molecule has 0 saturated heterocycles. The lowest BCUT2D eigenvalue weighted by Crippen LogP contribution is -2.19. The number of aromatic nitrogens is 3. The van der Waals surface area contributed by atoms with Gasteiger partial charge < -0.3 is 10.5 Å². The lowest BCUT2D eigenvalue weighted by molar-refractivity contribution is 0.410. The third kappa shape index (κ3) is 3.78. The summed E-state index contributed by atoms with van der Waals surface area (Å²) >= 11 is 0. The molecule has 2 N–H and O–H groups in total. The van der Waals surface area contributed by atoms with Crippen molar-refractivity contribution in [1.82, 2.24) is 14.8 Å². The number of methoxy groups -OCH3 is 1. The van der Waals surface area contributed by atoms with Crippen molar-refractivity contribution >= 4 is 0 Å². The number of nitrogens with two attached hydrogens (primary N) is 1. The standard InChI is InChI=1S/C15H21FN4O/c1-10(2)8-20-15(18-9-19-20)7-14(17)12-5-4-11(21-3)6-13(12)16/h4-6,9-10,14H,7-8,17H2,1-3H3. The fourth-order valence-electron chi connectivity index (χ4n) is 2.19. The number of rotatable bonds is 6. The van der Waals surface area contributed by atoms with Crippen LogP contribution >= 0.6 is 0 Å². The summed E-state index contributed by atoms with van der Waals surface area (Å²) in [4.78, 5) is 4.22. The Morgan fingerprint density at radius 2 is 2.14 bits per heavy atom. The second kappa shape index (κ2) is 6.67. The summed E-state index contributed by atoms with van der Waals surface area (Å²) in [7, 11) is 1.50. The Kier molecular flexibility index (Phi) is 4.90. The number of nitrogens with zero attached hydrogens (tertiary/aromatic N) is 3. The van der Waals surface area contributed by atoms with Gasteiger partial charge in [-0.3, -0.25) is 0 Å². The fourth-order valence-corrected chi connectivity index (χ4v) is 2.19. The van der Waals surface area contributed by atoms with Gasteiger partial charge in [0.1, 0.15) is 23.7 Å². The van der Waals surface area contributed by atoms with Gasteiger partial charge >= 0.3 is 0 Å². The molecule has 0 aliphatic carbocycles. The van der Waals surface area contributed by atoms with Gasteiger partial charge in [-0.2, -0.15) is 5.10 Å². The van der Waals surface area contributed by atoms with Crippen LogP contribution in [0.15, 0.2) is 24.5 Å². The fraction of sp³-hybridized carbons (Fsp3) is 0.467. The van der Waals surface area contributed by atoms with Crippen LogP contribution in [0, 0.1) is 11.7 Å². The SMILES string of the molecule is COc1ccc(C(N)Cc2ncnn2CC(C)C)c(F)c1. The molecule has 5 nitrogen and oxygen atoms in total. The Morgan fingerprint density at radius 3 is 2.76 bits per heavy atom. The van der Waals surface area contributed by atoms with Crippen molar-refractivity contribution in [2.45, 2.75) is 32.9 Å². The summed E-state index contributed by atoms with van der Waals surface area (Å²) in [5.74, 6) is 1.34. The molecule has 0 amide bonds. The van der Waals surface area contributed by atoms with Crippen molar-refractivity contribution in [2.24, 2.45) is 11.7 Å². The molecule has 0 aliphatic rings. The van der Waals surface area contributed by atoms with Crippen LogP contribution in [0.2, 0.25) is 0 Å². The number of hydrogen-bond donors (Lipinski definition) is 1. The van der Waals surface area contributed by atoms with Crippen LogP contribution in [-0.4, -0.2) is 21.9 Å². The Labute approximate surface area is 123 Å². The molecule has 6 heteroatoms. The minimum absolute atomic E-state index is 0.364. The molecule has 0 saturated carbocycles. The Morgan fingerprint density at radius 1 is 1.38 bits per heavy atom. The van der Waals surface area contributed by atoms with Crippen LogP contribution in [0.5, 0.6) is 5.75 Å². The van der Waals surface area contributed by atoms with Crippen LogP contribution in [0.3, 0.4) is 0 Å². The number of benzene rings is 1. The quantitative estimate of drug-likeness (QED) is 0.887. The molecule has 0 radical (unpaired) electrons. The summed E-state index contributed by atoms with van der Waals surface area (Å²) in [5, 5.41) is 4.19. The highest BCUT2D eigenvalue weighted by Gasteiger charge is 2.16. The van der Waals surface area contributed by atoms with Crippen molar-refractivity contribution in [2.75, 3.05) is 7.11 Å². The highest BCUT2D eigenvalue weighted by atomic mass is 19.1. The molecule has 1 atom stereocenters. The van der Waals surface area contributed by atoms with Crippen LogP contribution < -0.4 is 10.5 Å². The largest absolute Gasteiger partial charge is 0.497 e. The van der Waals surface area contributed by atoms with Gasteiger partial charge in [-0.1, -0.05) is 19.9 Å². The van der Waals surface area contributed by atoms with Gasteiger partial charge in [-0.25, -0.2) is 14.1 Å². The molecule has 1 unspecified atom stereocenters. The van der Waals surface area contributed by atoms with Gasteiger partial charge in [-0.05, 0) is 12.0 Å². The first-order valence-corrected chi connectivity index (χ1v) is 6.97. The molecule has 2 aromatic rings. The molecule has 114 valence electrons. The zero-order valence-corrected chi connectivity index (χ0v) is 12.6. The Hall–Kier alpha value is -1.95. The van der Waals surface area contributed by atoms with Gasteiger partial charge in [0, 0.05) is 30.6 Å². The second-order valence-corrected chi connectivity index (χ2v) is 5.45. The third-order valence-corrected chi connectivity index (χ3v) is 3.24. The molecule has 1 aromatic heterocycles. The van der Waals surface area contributed by atoms with Crippen molar-refractivity contribution < 1.29 is 9.13 Å². The predicted molar refractivity (Wildman–Crippen MR) is 78.4 cm³/mol. The maximum absolute atomic E-state index is 14.0. The molecule has 0 fully saturated rings. The molecular weight excluding hydrogens is 271 g/mol. The molecular formula is C15H21FN4O. The molecule has 0 spiro atoms.